The molecule has 2 saturated heterocycles. The summed E-state index contributed by atoms with van der Waals surface area (Å²) in [5.74, 6) is 0. The molecule has 0 aromatic heterocycles. The molecule has 47 heavy (non-hydrogen) atoms. The fraction of sp³-hybridized carbons (Fsp3) is 0.333. The average molecular weight is 636 g/mol. The quantitative estimate of drug-likeness (QED) is 0.164. The van der Waals surface area contributed by atoms with Crippen molar-refractivity contribution in [3.8, 4) is 0 Å². The van der Waals surface area contributed by atoms with Crippen LogP contribution in [0.3, 0.4) is 0 Å². The van der Waals surface area contributed by atoms with Crippen molar-refractivity contribution in [1.29, 1.82) is 0 Å². The van der Waals surface area contributed by atoms with Gasteiger partial charge in [0.15, 0.2) is 12.6 Å². The maximum atomic E-state index is 12.3. The number of para-hydroxylation sites is 4. The molecule has 0 spiro atoms. The first-order chi connectivity index (χ1) is 22.5. The third-order valence-corrected chi connectivity index (χ3v) is 9.26. The number of hydrogen-bond acceptors (Lipinski definition) is 9. The third-order valence-electron chi connectivity index (χ3n) is 9.26. The van der Waals surface area contributed by atoms with Crippen LogP contribution in [0.25, 0.3) is 0 Å². The molecule has 0 amide bonds. The van der Waals surface area contributed by atoms with Crippen molar-refractivity contribution < 1.29 is 9.85 Å². The predicted molar refractivity (Wildman–Crippen MR) is 188 cm³/mol. The van der Waals surface area contributed by atoms with E-state index >= 15 is 0 Å². The van der Waals surface area contributed by atoms with Gasteiger partial charge in [-0.1, -0.05) is 59.7 Å². The maximum Gasteiger partial charge on any atom is 0.292 e. The zero-order valence-electron chi connectivity index (χ0n) is 27.7. The Kier molecular flexibility index (Phi) is 8.50. The molecular weight excluding hydrogens is 594 g/mol. The monoisotopic (exact) mass is 635 g/mol. The van der Waals surface area contributed by atoms with Crippen LogP contribution in [0, 0.1) is 61.8 Å². The van der Waals surface area contributed by atoms with Gasteiger partial charge in [-0.3, -0.25) is 20.2 Å². The standard InChI is InChI=1S/C36H41N7O4/c1-23-19-25(3)33(26(4)20-23)40-17-15-38(29-11-7-9-13-31(29)42(44)45)35(40)37-36-39(30-12-8-10-14-32(30)43(46)47)16-18-41(36)34-27(5)21-24(2)22-28(34)6/h7-14,19-22,35-37H,15-18H2,1-6H3. The summed E-state index contributed by atoms with van der Waals surface area (Å²) in [6.45, 7) is 14.9. The molecule has 2 fully saturated rings. The van der Waals surface area contributed by atoms with Gasteiger partial charge in [-0.05, 0) is 75.9 Å². The van der Waals surface area contributed by atoms with Crippen molar-refractivity contribution in [3.05, 3.63) is 126 Å². The third kappa shape index (κ3) is 5.83. The van der Waals surface area contributed by atoms with Crippen LogP contribution in [0.4, 0.5) is 34.1 Å². The lowest BCUT2D eigenvalue weighted by atomic mass is 10.0. The van der Waals surface area contributed by atoms with E-state index in [4.69, 9.17) is 0 Å². The first kappa shape index (κ1) is 31.8. The van der Waals surface area contributed by atoms with Gasteiger partial charge in [0.25, 0.3) is 11.4 Å². The summed E-state index contributed by atoms with van der Waals surface area (Å²) in [5.41, 5.74) is 10.0. The lowest BCUT2D eigenvalue weighted by Crippen LogP contribution is -2.61. The maximum absolute atomic E-state index is 12.3. The molecule has 4 aromatic carbocycles. The summed E-state index contributed by atoms with van der Waals surface area (Å²) in [6.07, 6.45) is -1.03. The molecule has 11 nitrogen and oxygen atoms in total. The van der Waals surface area contributed by atoms with Gasteiger partial charge >= 0.3 is 0 Å². The van der Waals surface area contributed by atoms with E-state index in [1.165, 1.54) is 12.1 Å². The van der Waals surface area contributed by atoms with Crippen LogP contribution in [0.2, 0.25) is 0 Å². The number of rotatable bonds is 8. The van der Waals surface area contributed by atoms with Gasteiger partial charge in [0.2, 0.25) is 0 Å². The fourth-order valence-electron chi connectivity index (χ4n) is 7.70. The molecule has 2 unspecified atom stereocenters. The molecule has 0 saturated carbocycles. The molecule has 2 heterocycles. The minimum absolute atomic E-state index is 0.0301. The van der Waals surface area contributed by atoms with E-state index in [9.17, 15) is 20.2 Å². The van der Waals surface area contributed by atoms with Gasteiger partial charge in [-0.15, -0.1) is 0 Å². The van der Waals surface area contributed by atoms with E-state index in [0.29, 0.717) is 37.6 Å². The van der Waals surface area contributed by atoms with Crippen LogP contribution >= 0.6 is 0 Å². The Morgan fingerprint density at radius 1 is 0.553 bits per heavy atom. The van der Waals surface area contributed by atoms with Crippen LogP contribution in [0.15, 0.2) is 72.8 Å². The van der Waals surface area contributed by atoms with Gasteiger partial charge in [0.05, 0.1) is 9.85 Å². The van der Waals surface area contributed by atoms with Gasteiger partial charge < -0.3 is 19.6 Å². The highest BCUT2D eigenvalue weighted by Crippen LogP contribution is 2.40. The molecule has 0 aliphatic carbocycles. The average Bonchev–Trinajstić information content (AvgIpc) is 3.60. The number of hydrogen-bond donors (Lipinski definition) is 1. The number of nitrogens with zero attached hydrogens (tertiary/aromatic N) is 6. The number of anilines is 4. The van der Waals surface area contributed by atoms with Crippen molar-refractivity contribution in [2.75, 3.05) is 45.8 Å². The smallest absolute Gasteiger partial charge is 0.292 e. The van der Waals surface area contributed by atoms with E-state index in [0.717, 1.165) is 44.8 Å². The summed E-state index contributed by atoms with van der Waals surface area (Å²) in [6, 6.07) is 22.3. The second-order valence-corrected chi connectivity index (χ2v) is 12.7. The Morgan fingerprint density at radius 3 is 1.21 bits per heavy atom. The summed E-state index contributed by atoms with van der Waals surface area (Å²) in [5, 5.41) is 28.4. The number of aryl methyl sites for hydroxylation is 6. The predicted octanol–water partition coefficient (Wildman–Crippen LogP) is 6.86. The highest BCUT2D eigenvalue weighted by atomic mass is 16.6. The largest absolute Gasteiger partial charge is 0.337 e. The summed E-state index contributed by atoms with van der Waals surface area (Å²) >= 11 is 0. The minimum Gasteiger partial charge on any atom is -0.337 e. The van der Waals surface area contributed by atoms with Crippen molar-refractivity contribution in [2.45, 2.75) is 54.1 Å². The zero-order chi connectivity index (χ0) is 33.6. The normalized spacial score (nSPS) is 17.9. The summed E-state index contributed by atoms with van der Waals surface area (Å²) < 4.78 is 0. The Balaban J connectivity index is 1.53. The molecule has 2 aliphatic heterocycles. The lowest BCUT2D eigenvalue weighted by molar-refractivity contribution is -0.384. The van der Waals surface area contributed by atoms with Gasteiger partial charge in [0, 0.05) is 49.7 Å². The molecule has 4 aromatic rings. The Hall–Kier alpha value is -5.16. The molecule has 11 heteroatoms. The Morgan fingerprint density at radius 2 is 0.872 bits per heavy atom. The zero-order valence-corrected chi connectivity index (χ0v) is 27.7. The topological polar surface area (TPSA) is 111 Å². The van der Waals surface area contributed by atoms with E-state index in [1.807, 2.05) is 12.1 Å². The molecule has 6 rings (SSSR count). The highest BCUT2D eigenvalue weighted by Gasteiger charge is 2.43. The fourth-order valence-corrected chi connectivity index (χ4v) is 7.70. The molecule has 244 valence electrons. The Labute approximate surface area is 275 Å². The molecule has 2 aliphatic rings. The first-order valence-electron chi connectivity index (χ1n) is 15.9. The number of nitro groups is 2. The SMILES string of the molecule is Cc1cc(C)c(N2CCN(c3ccccc3[N+](=O)[O-])C2NC2N(c3ccccc3[N+](=O)[O-])CCN2c2c(C)cc(C)cc2C)c(C)c1. The van der Waals surface area contributed by atoms with Gasteiger partial charge in [-0.25, -0.2) is 5.32 Å². The van der Waals surface area contributed by atoms with Crippen molar-refractivity contribution >= 4 is 34.1 Å². The van der Waals surface area contributed by atoms with Crippen LogP contribution < -0.4 is 24.9 Å². The molecule has 2 atom stereocenters. The van der Waals surface area contributed by atoms with E-state index < -0.39 is 12.6 Å². The van der Waals surface area contributed by atoms with Crippen molar-refractivity contribution in [3.63, 3.8) is 0 Å². The first-order valence-corrected chi connectivity index (χ1v) is 15.9. The summed E-state index contributed by atoms with van der Waals surface area (Å²) in [4.78, 5) is 32.5. The van der Waals surface area contributed by atoms with Crippen molar-refractivity contribution in [1.82, 2.24) is 5.32 Å². The van der Waals surface area contributed by atoms with Gasteiger partial charge in [0.1, 0.15) is 11.4 Å². The Bertz CT molecular complexity index is 1680. The molecule has 0 radical (unpaired) electrons. The number of nitrogens with one attached hydrogen (secondary N) is 1. The van der Waals surface area contributed by atoms with Crippen LogP contribution in [0.1, 0.15) is 33.4 Å². The second kappa shape index (κ2) is 12.6. The van der Waals surface area contributed by atoms with E-state index in [-0.39, 0.29) is 21.2 Å². The second-order valence-electron chi connectivity index (χ2n) is 12.7. The molecule has 1 N–H and O–H groups in total. The van der Waals surface area contributed by atoms with Crippen LogP contribution in [-0.4, -0.2) is 48.6 Å². The molecular formula is C36H41N7O4. The number of nitro benzene ring substituents is 2. The van der Waals surface area contributed by atoms with Crippen LogP contribution in [-0.2, 0) is 0 Å². The highest BCUT2D eigenvalue weighted by molar-refractivity contribution is 5.71. The van der Waals surface area contributed by atoms with E-state index in [2.05, 4.69) is 90.7 Å². The lowest BCUT2D eigenvalue weighted by Gasteiger charge is -2.41. The van der Waals surface area contributed by atoms with Crippen LogP contribution in [0.5, 0.6) is 0 Å². The van der Waals surface area contributed by atoms with Crippen molar-refractivity contribution in [2.24, 2.45) is 0 Å². The number of benzene rings is 4. The van der Waals surface area contributed by atoms with Gasteiger partial charge in [-0.2, -0.15) is 0 Å². The minimum atomic E-state index is -0.516. The molecule has 0 bridgehead atoms. The summed E-state index contributed by atoms with van der Waals surface area (Å²) in [7, 11) is 0. The van der Waals surface area contributed by atoms with E-state index in [1.54, 1.807) is 24.3 Å².